The molecule has 0 atom stereocenters. The number of halogens is 1. The number of benzene rings is 2. The van der Waals surface area contributed by atoms with Crippen molar-refractivity contribution in [2.45, 2.75) is 24.5 Å². The minimum atomic E-state index is -0.345. The maximum Gasteiger partial charge on any atom is 0.277 e. The number of nitrogens with zero attached hydrogens (tertiary/aromatic N) is 3. The minimum absolute atomic E-state index is 0.0159. The van der Waals surface area contributed by atoms with E-state index in [0.29, 0.717) is 28.1 Å². The number of amides is 1. The molecule has 3 rings (SSSR count). The average molecular weight is 461 g/mol. The number of rotatable bonds is 10. The average Bonchev–Trinajstić information content (AvgIpc) is 3.23. The quantitative estimate of drug-likeness (QED) is 0.268. The molecule has 2 aromatic carbocycles. The number of nitrogens with one attached hydrogen (secondary N) is 1. The van der Waals surface area contributed by atoms with Gasteiger partial charge in [0.15, 0.2) is 0 Å². The highest BCUT2D eigenvalue weighted by molar-refractivity contribution is 7.99. The lowest BCUT2D eigenvalue weighted by molar-refractivity contribution is -0.118. The van der Waals surface area contributed by atoms with Crippen LogP contribution in [0, 0.1) is 0 Å². The van der Waals surface area contributed by atoms with Gasteiger partial charge in [0.2, 0.25) is 5.89 Å². The van der Waals surface area contributed by atoms with Gasteiger partial charge in [-0.15, -0.1) is 10.2 Å². The Morgan fingerprint density at radius 1 is 1.26 bits per heavy atom. The largest absolute Gasteiger partial charge is 0.507 e. The van der Waals surface area contributed by atoms with E-state index in [0.717, 1.165) is 30.4 Å². The summed E-state index contributed by atoms with van der Waals surface area (Å²) in [7, 11) is 1.64. The normalized spacial score (nSPS) is 11.0. The molecule has 0 radical (unpaired) electrons. The highest BCUT2D eigenvalue weighted by Gasteiger charge is 2.09. The van der Waals surface area contributed by atoms with Crippen LogP contribution in [0.1, 0.15) is 23.4 Å². The zero-order valence-corrected chi connectivity index (χ0v) is 18.3. The van der Waals surface area contributed by atoms with Crippen molar-refractivity contribution >= 4 is 35.5 Å². The van der Waals surface area contributed by atoms with E-state index >= 15 is 0 Å². The summed E-state index contributed by atoms with van der Waals surface area (Å²) in [6, 6.07) is 12.5. The smallest absolute Gasteiger partial charge is 0.277 e. The molecule has 0 aliphatic rings. The number of methoxy groups -OCH3 is 1. The van der Waals surface area contributed by atoms with Gasteiger partial charge in [0.05, 0.1) is 19.1 Å². The van der Waals surface area contributed by atoms with Gasteiger partial charge in [-0.3, -0.25) is 4.79 Å². The number of ether oxygens (including phenoxy) is 1. The first-order valence-electron chi connectivity index (χ1n) is 9.42. The third-order valence-corrected chi connectivity index (χ3v) is 5.23. The number of hydrogen-bond donors (Lipinski definition) is 2. The standard InChI is InChI=1S/C21H21ClN4O4S/c1-29-17-8-5-14(6-9-17)3-2-4-20-25-26-21(30-20)31-13-19(28)24-23-12-15-11-16(22)7-10-18(15)27/h5-12,27H,2-4,13H2,1H3,(H,24,28)/b23-12+. The van der Waals surface area contributed by atoms with E-state index in [9.17, 15) is 9.90 Å². The van der Waals surface area contributed by atoms with Crippen molar-refractivity contribution in [3.8, 4) is 11.5 Å². The number of hydrazone groups is 1. The highest BCUT2D eigenvalue weighted by Crippen LogP contribution is 2.20. The van der Waals surface area contributed by atoms with E-state index in [1.54, 1.807) is 13.2 Å². The molecule has 0 spiro atoms. The van der Waals surface area contributed by atoms with Crippen molar-refractivity contribution in [2.75, 3.05) is 12.9 Å². The number of carbonyl (C=O) groups is 1. The molecule has 10 heteroatoms. The van der Waals surface area contributed by atoms with Gasteiger partial charge in [-0.25, -0.2) is 5.43 Å². The summed E-state index contributed by atoms with van der Waals surface area (Å²) in [5, 5.41) is 22.3. The van der Waals surface area contributed by atoms with Crippen LogP contribution in [-0.4, -0.2) is 40.3 Å². The first-order valence-corrected chi connectivity index (χ1v) is 10.8. The number of aromatic hydroxyl groups is 1. The fourth-order valence-corrected chi connectivity index (χ4v) is 3.35. The number of thioether (sulfide) groups is 1. The van der Waals surface area contributed by atoms with Gasteiger partial charge in [0, 0.05) is 17.0 Å². The SMILES string of the molecule is COc1ccc(CCCc2nnc(SCC(=O)N/N=C/c3cc(Cl)ccc3O)o2)cc1. The summed E-state index contributed by atoms with van der Waals surface area (Å²) in [5.41, 5.74) is 3.98. The molecule has 0 aliphatic heterocycles. The molecule has 0 fully saturated rings. The van der Waals surface area contributed by atoms with E-state index in [1.165, 1.54) is 23.9 Å². The van der Waals surface area contributed by atoms with Gasteiger partial charge in [-0.05, 0) is 48.7 Å². The van der Waals surface area contributed by atoms with Gasteiger partial charge in [0.25, 0.3) is 11.1 Å². The first kappa shape index (κ1) is 22.6. The van der Waals surface area contributed by atoms with E-state index in [4.69, 9.17) is 20.8 Å². The number of hydrogen-bond acceptors (Lipinski definition) is 8. The van der Waals surface area contributed by atoms with Crippen LogP contribution in [0.3, 0.4) is 0 Å². The molecule has 0 aliphatic carbocycles. The molecular formula is C21H21ClN4O4S. The van der Waals surface area contributed by atoms with Crippen LogP contribution in [0.15, 0.2) is 57.2 Å². The Morgan fingerprint density at radius 2 is 2.06 bits per heavy atom. The Bertz CT molecular complexity index is 1040. The predicted molar refractivity (Wildman–Crippen MR) is 119 cm³/mol. The zero-order valence-electron chi connectivity index (χ0n) is 16.7. The summed E-state index contributed by atoms with van der Waals surface area (Å²) < 4.78 is 10.7. The molecule has 0 saturated heterocycles. The number of phenols is 1. The van der Waals surface area contributed by atoms with Gasteiger partial charge in [-0.1, -0.05) is 35.5 Å². The number of aromatic nitrogens is 2. The zero-order chi connectivity index (χ0) is 22.1. The van der Waals surface area contributed by atoms with Crippen LogP contribution in [0.25, 0.3) is 0 Å². The molecule has 1 aromatic heterocycles. The van der Waals surface area contributed by atoms with E-state index in [-0.39, 0.29) is 17.4 Å². The van der Waals surface area contributed by atoms with Crippen molar-refractivity contribution < 1.29 is 19.1 Å². The molecule has 1 amide bonds. The molecule has 1 heterocycles. The summed E-state index contributed by atoms with van der Waals surface area (Å²) >= 11 is 6.99. The van der Waals surface area contributed by atoms with Crippen LogP contribution in [0.5, 0.6) is 11.5 Å². The molecule has 0 unspecified atom stereocenters. The lowest BCUT2D eigenvalue weighted by atomic mass is 10.1. The van der Waals surface area contributed by atoms with Crippen LogP contribution in [-0.2, 0) is 17.6 Å². The van der Waals surface area contributed by atoms with Crippen LogP contribution in [0.4, 0.5) is 0 Å². The van der Waals surface area contributed by atoms with E-state index in [2.05, 4.69) is 20.7 Å². The third kappa shape index (κ3) is 7.30. The molecule has 3 aromatic rings. The second-order valence-corrected chi connectivity index (χ2v) is 7.81. The van der Waals surface area contributed by atoms with Gasteiger partial charge >= 0.3 is 0 Å². The second-order valence-electron chi connectivity index (χ2n) is 6.45. The Balaban J connectivity index is 1.38. The topological polar surface area (TPSA) is 110 Å². The lowest BCUT2D eigenvalue weighted by Crippen LogP contribution is -2.19. The van der Waals surface area contributed by atoms with Crippen LogP contribution < -0.4 is 10.2 Å². The van der Waals surface area contributed by atoms with Gasteiger partial charge < -0.3 is 14.3 Å². The Kier molecular flexibility index (Phi) is 8.31. The van der Waals surface area contributed by atoms with Gasteiger partial charge in [-0.2, -0.15) is 5.10 Å². The van der Waals surface area contributed by atoms with Crippen molar-refractivity contribution in [1.82, 2.24) is 15.6 Å². The molecule has 31 heavy (non-hydrogen) atoms. The Morgan fingerprint density at radius 3 is 2.84 bits per heavy atom. The van der Waals surface area contributed by atoms with Gasteiger partial charge in [0.1, 0.15) is 11.5 Å². The predicted octanol–water partition coefficient (Wildman–Crippen LogP) is 3.85. The third-order valence-electron chi connectivity index (χ3n) is 4.17. The monoisotopic (exact) mass is 460 g/mol. The van der Waals surface area contributed by atoms with Crippen LogP contribution in [0.2, 0.25) is 5.02 Å². The lowest BCUT2D eigenvalue weighted by Gasteiger charge is -2.02. The number of aryl methyl sites for hydroxylation is 2. The summed E-state index contributed by atoms with van der Waals surface area (Å²) in [5.74, 6) is 1.10. The minimum Gasteiger partial charge on any atom is -0.507 e. The maximum absolute atomic E-state index is 11.9. The summed E-state index contributed by atoms with van der Waals surface area (Å²) in [6.07, 6.45) is 3.72. The molecular weight excluding hydrogens is 440 g/mol. The molecule has 0 saturated carbocycles. The Labute approximate surface area is 188 Å². The van der Waals surface area contributed by atoms with Crippen molar-refractivity contribution in [3.63, 3.8) is 0 Å². The Hall–Kier alpha value is -3.04. The summed E-state index contributed by atoms with van der Waals surface area (Å²) in [4.78, 5) is 11.9. The fraction of sp³-hybridized carbons (Fsp3) is 0.238. The van der Waals surface area contributed by atoms with Crippen molar-refractivity contribution in [1.29, 1.82) is 0 Å². The number of carbonyl (C=O) groups excluding carboxylic acids is 1. The molecule has 0 bridgehead atoms. The van der Waals surface area contributed by atoms with E-state index < -0.39 is 0 Å². The molecule has 162 valence electrons. The maximum atomic E-state index is 11.9. The number of phenolic OH excluding ortho intramolecular Hbond substituents is 1. The van der Waals surface area contributed by atoms with Crippen LogP contribution >= 0.6 is 23.4 Å². The fourth-order valence-electron chi connectivity index (χ4n) is 2.60. The molecule has 8 nitrogen and oxygen atoms in total. The van der Waals surface area contributed by atoms with Crippen molar-refractivity contribution in [3.05, 3.63) is 64.5 Å². The first-order chi connectivity index (χ1) is 15.0. The second kappa shape index (κ2) is 11.4. The highest BCUT2D eigenvalue weighted by atomic mass is 35.5. The van der Waals surface area contributed by atoms with Crippen molar-refractivity contribution in [2.24, 2.45) is 5.10 Å². The van der Waals surface area contributed by atoms with E-state index in [1.807, 2.05) is 24.3 Å². The summed E-state index contributed by atoms with van der Waals surface area (Å²) in [6.45, 7) is 0. The molecule has 2 N–H and O–H groups in total.